The number of aromatic amines is 1. The lowest BCUT2D eigenvalue weighted by Gasteiger charge is -2.35. The van der Waals surface area contributed by atoms with Crippen LogP contribution in [0.2, 0.25) is 0 Å². The average molecular weight is 487 g/mol. The van der Waals surface area contributed by atoms with E-state index in [0.717, 1.165) is 72.8 Å². The van der Waals surface area contributed by atoms with Gasteiger partial charge in [-0.3, -0.25) is 14.6 Å². The molecule has 6 heteroatoms. The number of fused-ring (bicyclic) bond motifs is 1. The second-order valence-electron chi connectivity index (χ2n) is 10.6. The molecular formula is C30H38N4O2. The fourth-order valence-corrected chi connectivity index (χ4v) is 6.22. The maximum atomic E-state index is 14.1. The number of carbonyl (C=O) groups excluding carboxylic acids is 2. The van der Waals surface area contributed by atoms with Gasteiger partial charge in [-0.05, 0) is 69.3 Å². The molecule has 2 fully saturated rings. The van der Waals surface area contributed by atoms with Gasteiger partial charge in [0.2, 0.25) is 5.91 Å². The highest BCUT2D eigenvalue weighted by Gasteiger charge is 2.39. The number of likely N-dealkylation sites (N-methyl/N-ethyl adjacent to an activating group) is 1. The van der Waals surface area contributed by atoms with Gasteiger partial charge in [0.25, 0.3) is 0 Å². The molecule has 3 atom stereocenters. The zero-order valence-electron chi connectivity index (χ0n) is 21.5. The van der Waals surface area contributed by atoms with E-state index in [4.69, 9.17) is 0 Å². The molecule has 3 aromatic rings. The maximum absolute atomic E-state index is 14.1. The molecule has 0 spiro atoms. The highest BCUT2D eigenvalue weighted by atomic mass is 16.2. The normalized spacial score (nSPS) is 20.5. The van der Waals surface area contributed by atoms with E-state index < -0.39 is 0 Å². The van der Waals surface area contributed by atoms with Crippen molar-refractivity contribution in [3.63, 3.8) is 0 Å². The molecule has 0 bridgehead atoms. The van der Waals surface area contributed by atoms with Gasteiger partial charge < -0.3 is 15.2 Å². The fraction of sp³-hybridized carbons (Fsp3) is 0.500. The molecule has 0 unspecified atom stereocenters. The molecular weight excluding hydrogens is 448 g/mol. The first kappa shape index (κ1) is 24.7. The van der Waals surface area contributed by atoms with Crippen LogP contribution in [0.3, 0.4) is 0 Å². The first-order valence-corrected chi connectivity index (χ1v) is 13.6. The van der Waals surface area contributed by atoms with Crippen LogP contribution in [0.25, 0.3) is 22.2 Å². The van der Waals surface area contributed by atoms with E-state index in [2.05, 4.69) is 44.5 Å². The molecule has 0 radical (unpaired) electrons. The van der Waals surface area contributed by atoms with E-state index >= 15 is 0 Å². The summed E-state index contributed by atoms with van der Waals surface area (Å²) in [6.45, 7) is 2.65. The third kappa shape index (κ3) is 4.96. The number of H-pyrrole nitrogens is 1. The van der Waals surface area contributed by atoms with E-state index in [1.807, 2.05) is 38.5 Å². The summed E-state index contributed by atoms with van der Waals surface area (Å²) in [5, 5.41) is 4.21. The Hall–Kier alpha value is -2.99. The number of hydrogen-bond donors (Lipinski definition) is 2. The third-order valence-corrected chi connectivity index (χ3v) is 8.44. The maximum Gasteiger partial charge on any atom is 0.226 e. The van der Waals surface area contributed by atoms with Crippen LogP contribution >= 0.6 is 0 Å². The summed E-state index contributed by atoms with van der Waals surface area (Å²) in [6, 6.07) is 12.3. The minimum atomic E-state index is -0.225. The number of carbonyl (C=O) groups is 2. The summed E-state index contributed by atoms with van der Waals surface area (Å²) in [6.07, 6.45) is 11.8. The molecule has 6 nitrogen and oxygen atoms in total. The van der Waals surface area contributed by atoms with E-state index in [9.17, 15) is 9.59 Å². The molecule has 2 N–H and O–H groups in total. The highest BCUT2D eigenvalue weighted by molar-refractivity contribution is 5.94. The Kier molecular flexibility index (Phi) is 7.51. The van der Waals surface area contributed by atoms with Gasteiger partial charge in [-0.1, -0.05) is 37.5 Å². The molecule has 3 heterocycles. The number of rotatable bonds is 8. The van der Waals surface area contributed by atoms with Gasteiger partial charge in [0.1, 0.15) is 5.78 Å². The highest BCUT2D eigenvalue weighted by Crippen LogP contribution is 2.39. The minimum Gasteiger partial charge on any atom is -0.360 e. The summed E-state index contributed by atoms with van der Waals surface area (Å²) in [4.78, 5) is 37.1. The number of likely N-dealkylation sites (tertiary alicyclic amines) is 1. The molecule has 190 valence electrons. The van der Waals surface area contributed by atoms with Gasteiger partial charge in [-0.15, -0.1) is 0 Å². The van der Waals surface area contributed by atoms with Crippen molar-refractivity contribution in [3.05, 3.63) is 54.4 Å². The predicted molar refractivity (Wildman–Crippen MR) is 143 cm³/mol. The van der Waals surface area contributed by atoms with Crippen molar-refractivity contribution >= 4 is 22.6 Å². The van der Waals surface area contributed by atoms with Gasteiger partial charge in [-0.25, -0.2) is 0 Å². The van der Waals surface area contributed by atoms with Crippen molar-refractivity contribution < 1.29 is 9.59 Å². The first-order valence-electron chi connectivity index (χ1n) is 13.6. The van der Waals surface area contributed by atoms with Crippen LogP contribution in [0.15, 0.2) is 48.8 Å². The van der Waals surface area contributed by atoms with Crippen LogP contribution in [0.5, 0.6) is 0 Å². The topological polar surface area (TPSA) is 78.1 Å². The predicted octanol–water partition coefficient (Wildman–Crippen LogP) is 5.66. The number of Topliss-reactive ketones (excluding diaryl/α,β-unsaturated/α-hetero) is 1. The number of benzene rings is 1. The Morgan fingerprint density at radius 2 is 1.92 bits per heavy atom. The summed E-state index contributed by atoms with van der Waals surface area (Å²) < 4.78 is 0. The summed E-state index contributed by atoms with van der Waals surface area (Å²) >= 11 is 0. The quantitative estimate of drug-likeness (QED) is 0.431. The van der Waals surface area contributed by atoms with Crippen LogP contribution in [-0.4, -0.2) is 46.2 Å². The van der Waals surface area contributed by atoms with Crippen LogP contribution in [0, 0.1) is 11.8 Å². The SMILES string of the molecule is CN[C@@H](C)C(=O)C[C@H](C(=O)N1CCC[C@H]1c1ccnc(-c2c[nH]c3ccccc23)c1)C1CCCCC1. The van der Waals surface area contributed by atoms with Crippen molar-refractivity contribution in [2.24, 2.45) is 11.8 Å². The monoisotopic (exact) mass is 486 g/mol. The molecule has 2 aromatic heterocycles. The van der Waals surface area contributed by atoms with Crippen molar-refractivity contribution in [3.8, 4) is 11.3 Å². The fourth-order valence-electron chi connectivity index (χ4n) is 6.22. The van der Waals surface area contributed by atoms with Crippen LogP contribution in [0.4, 0.5) is 0 Å². The standard InChI is InChI=1S/C30H38N4O2/c1-20(31-2)29(35)18-24(21-9-4-3-5-10-21)30(36)34-16-8-13-28(34)22-14-15-32-27(17-22)25-19-33-26-12-7-6-11-23(25)26/h6-7,11-12,14-15,17,19-21,24,28,31,33H,3-5,8-10,13,16,18H2,1-2H3/t20-,24-,28-/m0/s1. The zero-order chi connectivity index (χ0) is 25.1. The number of aromatic nitrogens is 2. The number of nitrogens with one attached hydrogen (secondary N) is 2. The molecule has 5 rings (SSSR count). The number of amides is 1. The van der Waals surface area contributed by atoms with Gasteiger partial charge >= 0.3 is 0 Å². The lowest BCUT2D eigenvalue weighted by Crippen LogP contribution is -2.42. The largest absolute Gasteiger partial charge is 0.360 e. The molecule has 2 aliphatic rings. The molecule has 1 saturated carbocycles. The second kappa shape index (κ2) is 11.0. The van der Waals surface area contributed by atoms with Crippen molar-refractivity contribution in [1.29, 1.82) is 0 Å². The van der Waals surface area contributed by atoms with E-state index in [0.29, 0.717) is 12.3 Å². The van der Waals surface area contributed by atoms with Gasteiger partial charge in [0, 0.05) is 47.7 Å². The van der Waals surface area contributed by atoms with Crippen molar-refractivity contribution in [2.75, 3.05) is 13.6 Å². The van der Waals surface area contributed by atoms with E-state index in [-0.39, 0.29) is 29.7 Å². The van der Waals surface area contributed by atoms with Gasteiger partial charge in [-0.2, -0.15) is 0 Å². The Morgan fingerprint density at radius 1 is 1.11 bits per heavy atom. The summed E-state index contributed by atoms with van der Waals surface area (Å²) in [5.41, 5.74) is 4.22. The smallest absolute Gasteiger partial charge is 0.226 e. The number of hydrogen-bond acceptors (Lipinski definition) is 4. The molecule has 1 aromatic carbocycles. The van der Waals surface area contributed by atoms with Crippen LogP contribution < -0.4 is 5.32 Å². The minimum absolute atomic E-state index is 0.0346. The number of nitrogens with zero attached hydrogens (tertiary/aromatic N) is 2. The molecule has 1 saturated heterocycles. The van der Waals surface area contributed by atoms with Crippen LogP contribution in [0.1, 0.15) is 69.9 Å². The Morgan fingerprint density at radius 3 is 2.72 bits per heavy atom. The Balaban J connectivity index is 1.41. The first-order chi connectivity index (χ1) is 17.6. The van der Waals surface area contributed by atoms with Crippen molar-refractivity contribution in [2.45, 2.75) is 70.4 Å². The van der Waals surface area contributed by atoms with Crippen LogP contribution in [-0.2, 0) is 9.59 Å². The van der Waals surface area contributed by atoms with Crippen molar-refractivity contribution in [1.82, 2.24) is 20.2 Å². The Labute approximate surface area is 213 Å². The van der Waals surface area contributed by atoms with E-state index in [1.54, 1.807) is 0 Å². The number of para-hydroxylation sites is 1. The second-order valence-corrected chi connectivity index (χ2v) is 10.6. The molecule has 36 heavy (non-hydrogen) atoms. The van der Waals surface area contributed by atoms with Gasteiger partial charge in [0.05, 0.1) is 17.8 Å². The average Bonchev–Trinajstić information content (AvgIpc) is 3.59. The molecule has 1 aliphatic carbocycles. The van der Waals surface area contributed by atoms with E-state index in [1.165, 1.54) is 6.42 Å². The summed E-state index contributed by atoms with van der Waals surface area (Å²) in [5.74, 6) is 0.401. The van der Waals surface area contributed by atoms with Gasteiger partial charge in [0.15, 0.2) is 0 Å². The molecule has 1 amide bonds. The number of ketones is 1. The Bertz CT molecular complexity index is 1210. The zero-order valence-corrected chi connectivity index (χ0v) is 21.5. The number of pyridine rings is 1. The third-order valence-electron chi connectivity index (χ3n) is 8.44. The lowest BCUT2D eigenvalue weighted by molar-refractivity contribution is -0.141. The molecule has 1 aliphatic heterocycles. The lowest BCUT2D eigenvalue weighted by atomic mass is 9.76. The summed E-state index contributed by atoms with van der Waals surface area (Å²) in [7, 11) is 1.81.